The summed E-state index contributed by atoms with van der Waals surface area (Å²) in [5, 5.41) is 20.7. The number of benzene rings is 1. The number of aliphatic hydroxyl groups is 1. The van der Waals surface area contributed by atoms with E-state index in [1.54, 1.807) is 18.2 Å². The zero-order valence-electron chi connectivity index (χ0n) is 10.8. The quantitative estimate of drug-likeness (QED) is 0.814. The summed E-state index contributed by atoms with van der Waals surface area (Å²) in [5.74, 6) is -0.591. The second-order valence-electron chi connectivity index (χ2n) is 5.20. The van der Waals surface area contributed by atoms with Crippen molar-refractivity contribution >= 4 is 40.9 Å². The van der Waals surface area contributed by atoms with E-state index in [0.717, 1.165) is 4.90 Å². The van der Waals surface area contributed by atoms with E-state index >= 15 is 0 Å². The van der Waals surface area contributed by atoms with E-state index in [4.69, 9.17) is 28.3 Å². The second-order valence-corrected chi connectivity index (χ2v) is 7.06. The number of aliphatic carboxylic acids is 1. The van der Waals surface area contributed by atoms with Crippen LogP contribution in [0.4, 0.5) is 0 Å². The molecule has 2 N–H and O–H groups in total. The van der Waals surface area contributed by atoms with E-state index in [9.17, 15) is 9.90 Å². The average Bonchev–Trinajstić information content (AvgIpc) is 2.40. The van der Waals surface area contributed by atoms with Crippen molar-refractivity contribution in [1.82, 2.24) is 0 Å². The van der Waals surface area contributed by atoms with Gasteiger partial charge in [0.2, 0.25) is 0 Å². The van der Waals surface area contributed by atoms with Gasteiger partial charge in [0, 0.05) is 15.7 Å². The molecule has 0 bridgehead atoms. The summed E-state index contributed by atoms with van der Waals surface area (Å²) >= 11 is 13.5. The first-order valence-electron chi connectivity index (χ1n) is 6.43. The average molecular weight is 335 g/mol. The predicted molar refractivity (Wildman–Crippen MR) is 81.7 cm³/mol. The maximum absolute atomic E-state index is 10.9. The van der Waals surface area contributed by atoms with Crippen molar-refractivity contribution in [3.05, 3.63) is 28.2 Å². The third-order valence-corrected chi connectivity index (χ3v) is 5.66. The van der Waals surface area contributed by atoms with E-state index in [0.29, 0.717) is 41.5 Å². The zero-order chi connectivity index (χ0) is 14.8. The van der Waals surface area contributed by atoms with Crippen LogP contribution >= 0.6 is 35.0 Å². The first-order chi connectivity index (χ1) is 9.39. The number of carboxylic acid groups (broad SMARTS) is 1. The van der Waals surface area contributed by atoms with Crippen molar-refractivity contribution in [3.63, 3.8) is 0 Å². The molecule has 110 valence electrons. The Morgan fingerprint density at radius 1 is 1.35 bits per heavy atom. The van der Waals surface area contributed by atoms with Gasteiger partial charge in [0.25, 0.3) is 0 Å². The molecule has 20 heavy (non-hydrogen) atoms. The van der Waals surface area contributed by atoms with Gasteiger partial charge in [-0.2, -0.15) is 0 Å². The van der Waals surface area contributed by atoms with Gasteiger partial charge in [-0.15, -0.1) is 11.8 Å². The number of halogens is 2. The summed E-state index contributed by atoms with van der Waals surface area (Å²) in [6.45, 7) is 0. The van der Waals surface area contributed by atoms with Crippen LogP contribution in [0, 0.1) is 5.92 Å². The predicted octanol–water partition coefficient (Wildman–Crippen LogP) is 4.09. The highest BCUT2D eigenvalue weighted by molar-refractivity contribution is 7.99. The molecular weight excluding hydrogens is 319 g/mol. The van der Waals surface area contributed by atoms with Gasteiger partial charge in [-0.25, -0.2) is 0 Å². The lowest BCUT2D eigenvalue weighted by atomic mass is 9.80. The molecule has 0 amide bonds. The van der Waals surface area contributed by atoms with Crippen LogP contribution in [0.1, 0.15) is 25.7 Å². The maximum atomic E-state index is 10.9. The Bertz CT molecular complexity index is 499. The highest BCUT2D eigenvalue weighted by atomic mass is 35.5. The fourth-order valence-corrected chi connectivity index (χ4v) is 3.99. The number of rotatable bonds is 4. The Kier molecular flexibility index (Phi) is 5.24. The summed E-state index contributed by atoms with van der Waals surface area (Å²) in [4.78, 5) is 11.7. The molecule has 0 atom stereocenters. The third-order valence-electron chi connectivity index (χ3n) is 3.66. The largest absolute Gasteiger partial charge is 0.481 e. The first-order valence-corrected chi connectivity index (χ1v) is 8.17. The normalized spacial score (nSPS) is 26.4. The molecule has 2 rings (SSSR count). The molecule has 0 radical (unpaired) electrons. The highest BCUT2D eigenvalue weighted by Gasteiger charge is 2.35. The molecule has 0 saturated heterocycles. The Balaban J connectivity index is 1.94. The van der Waals surface area contributed by atoms with Crippen LogP contribution < -0.4 is 0 Å². The minimum absolute atomic E-state index is 0.324. The van der Waals surface area contributed by atoms with Crippen LogP contribution in [-0.2, 0) is 4.79 Å². The molecule has 1 saturated carbocycles. The topological polar surface area (TPSA) is 57.5 Å². The molecule has 1 aliphatic carbocycles. The number of hydrogen-bond donors (Lipinski definition) is 2. The third kappa shape index (κ3) is 4.04. The molecule has 0 unspecified atom stereocenters. The molecule has 1 fully saturated rings. The highest BCUT2D eigenvalue weighted by Crippen LogP contribution is 2.38. The van der Waals surface area contributed by atoms with Crippen LogP contribution in [0.3, 0.4) is 0 Å². The van der Waals surface area contributed by atoms with Gasteiger partial charge >= 0.3 is 5.97 Å². The molecule has 1 aliphatic rings. The van der Waals surface area contributed by atoms with Gasteiger partial charge in [0.05, 0.1) is 16.5 Å². The molecule has 0 heterocycles. The number of carboxylic acids is 1. The lowest BCUT2D eigenvalue weighted by molar-refractivity contribution is -0.144. The lowest BCUT2D eigenvalue weighted by Crippen LogP contribution is -2.38. The maximum Gasteiger partial charge on any atom is 0.306 e. The van der Waals surface area contributed by atoms with Crippen molar-refractivity contribution in [1.29, 1.82) is 0 Å². The van der Waals surface area contributed by atoms with Gasteiger partial charge < -0.3 is 10.2 Å². The van der Waals surface area contributed by atoms with Crippen molar-refractivity contribution < 1.29 is 15.0 Å². The molecule has 0 aliphatic heterocycles. The van der Waals surface area contributed by atoms with Crippen LogP contribution in [-0.4, -0.2) is 27.5 Å². The van der Waals surface area contributed by atoms with Gasteiger partial charge in [-0.3, -0.25) is 4.79 Å². The molecule has 6 heteroatoms. The zero-order valence-corrected chi connectivity index (χ0v) is 13.1. The van der Waals surface area contributed by atoms with E-state index in [1.807, 2.05) is 0 Å². The smallest absolute Gasteiger partial charge is 0.306 e. The van der Waals surface area contributed by atoms with Gasteiger partial charge in [0.15, 0.2) is 0 Å². The summed E-state index contributed by atoms with van der Waals surface area (Å²) in [5.41, 5.74) is -0.817. The summed E-state index contributed by atoms with van der Waals surface area (Å²) in [6.07, 6.45) is 2.07. The van der Waals surface area contributed by atoms with E-state index < -0.39 is 11.6 Å². The lowest BCUT2D eigenvalue weighted by Gasteiger charge is -2.34. The standard InChI is InChI=1S/C14H16Cl2O3S/c15-10-1-2-11(16)12(7-10)20-8-14(19)5-3-9(4-6-14)13(17)18/h1-2,7,9,19H,3-6,8H2,(H,17,18). The van der Waals surface area contributed by atoms with Gasteiger partial charge in [0.1, 0.15) is 0 Å². The Morgan fingerprint density at radius 2 is 2.00 bits per heavy atom. The molecule has 0 spiro atoms. The SMILES string of the molecule is O=C(O)C1CCC(O)(CSc2cc(Cl)ccc2Cl)CC1. The van der Waals surface area contributed by atoms with Crippen molar-refractivity contribution in [3.8, 4) is 0 Å². The molecule has 0 aromatic heterocycles. The minimum Gasteiger partial charge on any atom is -0.481 e. The molecule has 1 aromatic rings. The first kappa shape index (κ1) is 16.0. The van der Waals surface area contributed by atoms with Crippen LogP contribution in [0.15, 0.2) is 23.1 Å². The van der Waals surface area contributed by atoms with Crippen LogP contribution in [0.2, 0.25) is 10.0 Å². The molecule has 3 nitrogen and oxygen atoms in total. The van der Waals surface area contributed by atoms with E-state index in [-0.39, 0.29) is 5.92 Å². The van der Waals surface area contributed by atoms with Gasteiger partial charge in [-0.1, -0.05) is 23.2 Å². The number of thioether (sulfide) groups is 1. The number of carbonyl (C=O) groups is 1. The summed E-state index contributed by atoms with van der Waals surface area (Å²) in [7, 11) is 0. The van der Waals surface area contributed by atoms with Crippen molar-refractivity contribution in [2.24, 2.45) is 5.92 Å². The van der Waals surface area contributed by atoms with Crippen molar-refractivity contribution in [2.75, 3.05) is 5.75 Å². The fourth-order valence-electron chi connectivity index (χ4n) is 2.35. The van der Waals surface area contributed by atoms with Gasteiger partial charge in [-0.05, 0) is 43.9 Å². The fraction of sp³-hybridized carbons (Fsp3) is 0.500. The Hall–Kier alpha value is -0.420. The van der Waals surface area contributed by atoms with E-state index in [1.165, 1.54) is 11.8 Å². The van der Waals surface area contributed by atoms with Crippen molar-refractivity contribution in [2.45, 2.75) is 36.2 Å². The molecular formula is C14H16Cl2O3S. The Morgan fingerprint density at radius 3 is 2.60 bits per heavy atom. The van der Waals surface area contributed by atoms with Crippen LogP contribution in [0.25, 0.3) is 0 Å². The second kappa shape index (κ2) is 6.56. The Labute approximate surface area is 132 Å². The summed E-state index contributed by atoms with van der Waals surface area (Å²) < 4.78 is 0. The molecule has 1 aromatic carbocycles. The van der Waals surface area contributed by atoms with E-state index in [2.05, 4.69) is 0 Å². The summed E-state index contributed by atoms with van der Waals surface area (Å²) in [6, 6.07) is 5.24. The minimum atomic E-state index is -0.817. The number of hydrogen-bond acceptors (Lipinski definition) is 3. The van der Waals surface area contributed by atoms with Crippen LogP contribution in [0.5, 0.6) is 0 Å². The monoisotopic (exact) mass is 334 g/mol.